The highest BCUT2D eigenvalue weighted by molar-refractivity contribution is 4.90. The van der Waals surface area contributed by atoms with Crippen LogP contribution in [0, 0.1) is 5.92 Å². The summed E-state index contributed by atoms with van der Waals surface area (Å²) in [4.78, 5) is 2.72. The number of aliphatic hydroxyl groups is 1. The van der Waals surface area contributed by atoms with Crippen molar-refractivity contribution in [2.75, 3.05) is 19.7 Å². The second-order valence-electron chi connectivity index (χ2n) is 6.55. The first-order valence-electron chi connectivity index (χ1n) is 7.98. The van der Waals surface area contributed by atoms with E-state index in [0.29, 0.717) is 18.7 Å². The Kier molecular flexibility index (Phi) is 4.22. The summed E-state index contributed by atoms with van der Waals surface area (Å²) in [5.74, 6) is 0.989. The van der Waals surface area contributed by atoms with Crippen LogP contribution in [-0.4, -0.2) is 47.8 Å². The van der Waals surface area contributed by atoms with Gasteiger partial charge in [0.15, 0.2) is 0 Å². The molecule has 104 valence electrons. The SMILES string of the molecule is OCC(CCN1CCCC2CCCC21)NC1CC1. The lowest BCUT2D eigenvalue weighted by atomic mass is 9.91. The molecule has 3 fully saturated rings. The average molecular weight is 252 g/mol. The van der Waals surface area contributed by atoms with E-state index in [1.807, 2.05) is 0 Å². The summed E-state index contributed by atoms with van der Waals surface area (Å²) in [7, 11) is 0. The summed E-state index contributed by atoms with van der Waals surface area (Å²) in [6.07, 6.45) is 10.9. The van der Waals surface area contributed by atoms with E-state index in [-0.39, 0.29) is 0 Å². The van der Waals surface area contributed by atoms with E-state index >= 15 is 0 Å². The summed E-state index contributed by atoms with van der Waals surface area (Å²) in [5.41, 5.74) is 0. The molecule has 2 aliphatic carbocycles. The first-order chi connectivity index (χ1) is 8.86. The normalized spacial score (nSPS) is 34.5. The van der Waals surface area contributed by atoms with E-state index < -0.39 is 0 Å². The second-order valence-corrected chi connectivity index (χ2v) is 6.55. The third-order valence-electron chi connectivity index (χ3n) is 5.14. The van der Waals surface area contributed by atoms with E-state index in [2.05, 4.69) is 10.2 Å². The van der Waals surface area contributed by atoms with Gasteiger partial charge < -0.3 is 15.3 Å². The molecule has 18 heavy (non-hydrogen) atoms. The minimum Gasteiger partial charge on any atom is -0.395 e. The quantitative estimate of drug-likeness (QED) is 0.756. The number of nitrogens with zero attached hydrogens (tertiary/aromatic N) is 1. The Morgan fingerprint density at radius 3 is 2.72 bits per heavy atom. The van der Waals surface area contributed by atoms with Crippen LogP contribution in [0.25, 0.3) is 0 Å². The second kappa shape index (κ2) is 5.89. The number of aliphatic hydroxyl groups excluding tert-OH is 1. The molecule has 3 nitrogen and oxygen atoms in total. The van der Waals surface area contributed by atoms with E-state index in [4.69, 9.17) is 0 Å². The zero-order valence-electron chi connectivity index (χ0n) is 11.5. The first-order valence-corrected chi connectivity index (χ1v) is 7.98. The molecule has 3 rings (SSSR count). The number of likely N-dealkylation sites (tertiary alicyclic amines) is 1. The molecule has 0 spiro atoms. The number of nitrogens with one attached hydrogen (secondary N) is 1. The smallest absolute Gasteiger partial charge is 0.0585 e. The molecule has 2 saturated carbocycles. The molecular formula is C15H28N2O. The van der Waals surface area contributed by atoms with Gasteiger partial charge in [-0.3, -0.25) is 0 Å². The van der Waals surface area contributed by atoms with Gasteiger partial charge in [-0.15, -0.1) is 0 Å². The van der Waals surface area contributed by atoms with Crippen molar-refractivity contribution in [3.05, 3.63) is 0 Å². The molecule has 3 atom stereocenters. The third kappa shape index (κ3) is 3.06. The van der Waals surface area contributed by atoms with E-state index in [1.165, 1.54) is 58.0 Å². The largest absolute Gasteiger partial charge is 0.395 e. The van der Waals surface area contributed by atoms with Crippen LogP contribution >= 0.6 is 0 Å². The Hall–Kier alpha value is -0.120. The van der Waals surface area contributed by atoms with Gasteiger partial charge in [-0.05, 0) is 57.4 Å². The van der Waals surface area contributed by atoms with Crippen molar-refractivity contribution in [3.8, 4) is 0 Å². The Labute approximate surface area is 111 Å². The highest BCUT2D eigenvalue weighted by Gasteiger charge is 2.35. The van der Waals surface area contributed by atoms with Crippen LogP contribution in [0.15, 0.2) is 0 Å². The minimum atomic E-state index is 0.304. The monoisotopic (exact) mass is 252 g/mol. The Morgan fingerprint density at radius 1 is 1.11 bits per heavy atom. The van der Waals surface area contributed by atoms with Gasteiger partial charge in [0.1, 0.15) is 0 Å². The summed E-state index contributed by atoms with van der Waals surface area (Å²) >= 11 is 0. The molecule has 0 aromatic rings. The predicted molar refractivity (Wildman–Crippen MR) is 73.6 cm³/mol. The van der Waals surface area contributed by atoms with Gasteiger partial charge in [-0.2, -0.15) is 0 Å². The zero-order chi connectivity index (χ0) is 12.4. The number of piperidine rings is 1. The molecule has 0 bridgehead atoms. The van der Waals surface area contributed by atoms with Crippen LogP contribution in [0.4, 0.5) is 0 Å². The van der Waals surface area contributed by atoms with Crippen LogP contribution in [-0.2, 0) is 0 Å². The lowest BCUT2D eigenvalue weighted by Gasteiger charge is -2.38. The lowest BCUT2D eigenvalue weighted by molar-refractivity contribution is 0.103. The van der Waals surface area contributed by atoms with Crippen molar-refractivity contribution in [1.29, 1.82) is 0 Å². The fourth-order valence-corrected chi connectivity index (χ4v) is 3.97. The maximum absolute atomic E-state index is 9.44. The summed E-state index contributed by atoms with van der Waals surface area (Å²) in [6, 6.07) is 1.92. The van der Waals surface area contributed by atoms with Crippen LogP contribution < -0.4 is 5.32 Å². The van der Waals surface area contributed by atoms with Gasteiger partial charge in [-0.1, -0.05) is 6.42 Å². The Balaban J connectivity index is 1.45. The van der Waals surface area contributed by atoms with Crippen molar-refractivity contribution in [2.24, 2.45) is 5.92 Å². The van der Waals surface area contributed by atoms with Crippen molar-refractivity contribution in [1.82, 2.24) is 10.2 Å². The molecule has 0 amide bonds. The molecule has 1 heterocycles. The fraction of sp³-hybridized carbons (Fsp3) is 1.00. The third-order valence-corrected chi connectivity index (χ3v) is 5.14. The summed E-state index contributed by atoms with van der Waals surface area (Å²) in [6.45, 7) is 2.79. The number of hydrogen-bond donors (Lipinski definition) is 2. The van der Waals surface area contributed by atoms with Gasteiger partial charge >= 0.3 is 0 Å². The van der Waals surface area contributed by atoms with E-state index in [9.17, 15) is 5.11 Å². The van der Waals surface area contributed by atoms with Crippen LogP contribution in [0.3, 0.4) is 0 Å². The lowest BCUT2D eigenvalue weighted by Crippen LogP contribution is -2.45. The van der Waals surface area contributed by atoms with Crippen LogP contribution in [0.2, 0.25) is 0 Å². The van der Waals surface area contributed by atoms with E-state index in [1.54, 1.807) is 0 Å². The maximum atomic E-state index is 9.44. The van der Waals surface area contributed by atoms with Gasteiger partial charge in [0.25, 0.3) is 0 Å². The standard InChI is InChI=1S/C15H28N2O/c18-11-14(16-13-6-7-13)8-10-17-9-2-4-12-3-1-5-15(12)17/h12-16,18H,1-11H2. The molecule has 0 radical (unpaired) electrons. The van der Waals surface area contributed by atoms with Crippen molar-refractivity contribution in [3.63, 3.8) is 0 Å². The van der Waals surface area contributed by atoms with Crippen LogP contribution in [0.5, 0.6) is 0 Å². The average Bonchev–Trinajstić information content (AvgIpc) is 3.08. The number of hydrogen-bond acceptors (Lipinski definition) is 3. The molecule has 0 aromatic carbocycles. The first kappa shape index (κ1) is 12.9. The maximum Gasteiger partial charge on any atom is 0.0585 e. The molecular weight excluding hydrogens is 224 g/mol. The summed E-state index contributed by atoms with van der Waals surface area (Å²) in [5, 5.41) is 13.0. The molecule has 3 heteroatoms. The van der Waals surface area contributed by atoms with Crippen LogP contribution in [0.1, 0.15) is 51.4 Å². The van der Waals surface area contributed by atoms with E-state index in [0.717, 1.165) is 18.4 Å². The molecule has 1 saturated heterocycles. The zero-order valence-corrected chi connectivity index (χ0v) is 11.5. The molecule has 0 aromatic heterocycles. The van der Waals surface area contributed by atoms with Crippen molar-refractivity contribution >= 4 is 0 Å². The Bertz CT molecular complexity index is 267. The van der Waals surface area contributed by atoms with Crippen molar-refractivity contribution < 1.29 is 5.11 Å². The highest BCUT2D eigenvalue weighted by atomic mass is 16.3. The topological polar surface area (TPSA) is 35.5 Å². The van der Waals surface area contributed by atoms with Gasteiger partial charge in [0.2, 0.25) is 0 Å². The molecule has 2 N–H and O–H groups in total. The number of fused-ring (bicyclic) bond motifs is 1. The molecule has 3 aliphatic rings. The summed E-state index contributed by atoms with van der Waals surface area (Å²) < 4.78 is 0. The highest BCUT2D eigenvalue weighted by Crippen LogP contribution is 2.36. The molecule has 3 unspecified atom stereocenters. The van der Waals surface area contributed by atoms with Gasteiger partial charge in [-0.25, -0.2) is 0 Å². The number of rotatable bonds is 6. The molecule has 1 aliphatic heterocycles. The van der Waals surface area contributed by atoms with Gasteiger partial charge in [0.05, 0.1) is 6.61 Å². The minimum absolute atomic E-state index is 0.304. The Morgan fingerprint density at radius 2 is 1.94 bits per heavy atom. The fourth-order valence-electron chi connectivity index (χ4n) is 3.97. The predicted octanol–water partition coefficient (Wildman–Crippen LogP) is 1.75. The van der Waals surface area contributed by atoms with Gasteiger partial charge in [0, 0.05) is 24.7 Å². The van der Waals surface area contributed by atoms with Crippen molar-refractivity contribution in [2.45, 2.75) is 69.5 Å².